The molecular weight excluding hydrogens is 210 g/mol. The molecule has 0 amide bonds. The van der Waals surface area contributed by atoms with Crippen LogP contribution in [-0.2, 0) is 6.42 Å². The third-order valence-corrected chi connectivity index (χ3v) is 2.36. The molecule has 1 unspecified atom stereocenters. The first-order chi connectivity index (χ1) is 6.63. The average Bonchev–Trinajstić information content (AvgIpc) is 2.18. The van der Waals surface area contributed by atoms with E-state index in [9.17, 15) is 4.79 Å². The van der Waals surface area contributed by atoms with E-state index in [0.29, 0.717) is 0 Å². The summed E-state index contributed by atoms with van der Waals surface area (Å²) in [5, 5.41) is 0. The van der Waals surface area contributed by atoms with Crippen molar-refractivity contribution in [2.45, 2.75) is 32.7 Å². The molecular formula is C12H18ClNO. The molecule has 0 bridgehead atoms. The molecule has 0 aromatic heterocycles. The minimum Gasteiger partial charge on any atom is -0.327 e. The maximum atomic E-state index is 11.1. The Kier molecular flexibility index (Phi) is 6.21. The number of carbonyl (C=O) groups excluding carboxylic acids is 1. The Bertz CT molecular complexity index is 325. The summed E-state index contributed by atoms with van der Waals surface area (Å²) in [7, 11) is 0. The predicted octanol–water partition coefficient (Wildman–Crippen LogP) is 2.59. The Morgan fingerprint density at radius 2 is 2.13 bits per heavy atom. The summed E-state index contributed by atoms with van der Waals surface area (Å²) in [5.74, 6) is 0.108. The van der Waals surface area contributed by atoms with E-state index in [1.807, 2.05) is 24.3 Å². The smallest absolute Gasteiger partial charge is 0.159 e. The van der Waals surface area contributed by atoms with Gasteiger partial charge in [-0.3, -0.25) is 4.79 Å². The number of nitrogens with two attached hydrogens (primary N) is 1. The Morgan fingerprint density at radius 3 is 2.67 bits per heavy atom. The van der Waals surface area contributed by atoms with Crippen molar-refractivity contribution in [2.24, 2.45) is 5.73 Å². The maximum Gasteiger partial charge on any atom is 0.159 e. The van der Waals surface area contributed by atoms with Crippen molar-refractivity contribution in [3.05, 3.63) is 35.4 Å². The van der Waals surface area contributed by atoms with Crippen molar-refractivity contribution < 1.29 is 4.79 Å². The summed E-state index contributed by atoms with van der Waals surface area (Å²) in [4.78, 5) is 11.1. The molecule has 84 valence electrons. The second-order valence-corrected chi connectivity index (χ2v) is 3.63. The zero-order chi connectivity index (χ0) is 10.6. The summed E-state index contributed by atoms with van der Waals surface area (Å²) >= 11 is 0. The third kappa shape index (κ3) is 4.45. The second-order valence-electron chi connectivity index (χ2n) is 3.63. The highest BCUT2D eigenvalue weighted by Gasteiger charge is 2.03. The van der Waals surface area contributed by atoms with Crippen molar-refractivity contribution in [1.29, 1.82) is 0 Å². The molecule has 1 rings (SSSR count). The largest absolute Gasteiger partial charge is 0.327 e. The zero-order valence-electron chi connectivity index (χ0n) is 9.19. The van der Waals surface area contributed by atoms with Crippen molar-refractivity contribution in [3.8, 4) is 0 Å². The Labute approximate surface area is 97.3 Å². The fraction of sp³-hybridized carbons (Fsp3) is 0.417. The van der Waals surface area contributed by atoms with Gasteiger partial charge < -0.3 is 5.73 Å². The van der Waals surface area contributed by atoms with E-state index in [2.05, 4.69) is 6.92 Å². The summed E-state index contributed by atoms with van der Waals surface area (Å²) in [6.45, 7) is 3.65. The van der Waals surface area contributed by atoms with Gasteiger partial charge in [0, 0.05) is 11.6 Å². The van der Waals surface area contributed by atoms with Gasteiger partial charge in [-0.15, -0.1) is 12.4 Å². The molecule has 0 saturated heterocycles. The van der Waals surface area contributed by atoms with E-state index in [1.54, 1.807) is 6.92 Å². The quantitative estimate of drug-likeness (QED) is 0.804. The number of rotatable bonds is 4. The first-order valence-corrected chi connectivity index (χ1v) is 4.99. The fourth-order valence-electron chi connectivity index (χ4n) is 1.36. The molecule has 0 spiro atoms. The molecule has 2 N–H and O–H groups in total. The lowest BCUT2D eigenvalue weighted by Crippen LogP contribution is -2.21. The van der Waals surface area contributed by atoms with Crippen molar-refractivity contribution in [1.82, 2.24) is 0 Å². The van der Waals surface area contributed by atoms with Gasteiger partial charge in [-0.1, -0.05) is 25.1 Å². The minimum absolute atomic E-state index is 0. The van der Waals surface area contributed by atoms with Crippen LogP contribution < -0.4 is 5.73 Å². The minimum atomic E-state index is 0. The normalized spacial score (nSPS) is 11.7. The first kappa shape index (κ1) is 14.1. The molecule has 0 aliphatic carbocycles. The van der Waals surface area contributed by atoms with E-state index in [1.165, 1.54) is 0 Å². The number of benzene rings is 1. The molecule has 15 heavy (non-hydrogen) atoms. The standard InChI is InChI=1S/C12H17NO.ClH/c1-3-12(13)8-10-5-4-6-11(7-10)9(2)14;/h4-7,12H,3,8,13H2,1-2H3;1H. The molecule has 1 atom stereocenters. The molecule has 0 radical (unpaired) electrons. The summed E-state index contributed by atoms with van der Waals surface area (Å²) in [6, 6.07) is 7.88. The lowest BCUT2D eigenvalue weighted by Gasteiger charge is -2.08. The van der Waals surface area contributed by atoms with Crippen LogP contribution in [0.5, 0.6) is 0 Å². The molecule has 0 saturated carbocycles. The highest BCUT2D eigenvalue weighted by molar-refractivity contribution is 5.94. The van der Waals surface area contributed by atoms with Crippen LogP contribution in [0.25, 0.3) is 0 Å². The predicted molar refractivity (Wildman–Crippen MR) is 65.7 cm³/mol. The van der Waals surface area contributed by atoms with Crippen molar-refractivity contribution in [2.75, 3.05) is 0 Å². The molecule has 0 aliphatic rings. The summed E-state index contributed by atoms with van der Waals surface area (Å²) < 4.78 is 0. The van der Waals surface area contributed by atoms with Gasteiger partial charge in [0.2, 0.25) is 0 Å². The topological polar surface area (TPSA) is 43.1 Å². The number of ketones is 1. The number of halogens is 1. The van der Waals surface area contributed by atoms with E-state index in [-0.39, 0.29) is 24.2 Å². The van der Waals surface area contributed by atoms with Gasteiger partial charge in [0.25, 0.3) is 0 Å². The van der Waals surface area contributed by atoms with Crippen LogP contribution in [0.1, 0.15) is 36.2 Å². The molecule has 2 nitrogen and oxygen atoms in total. The number of Topliss-reactive ketones (excluding diaryl/α,β-unsaturated/α-hetero) is 1. The van der Waals surface area contributed by atoms with E-state index in [4.69, 9.17) is 5.73 Å². The molecule has 1 aromatic carbocycles. The van der Waals surface area contributed by atoms with Gasteiger partial charge in [-0.25, -0.2) is 0 Å². The molecule has 1 aromatic rings. The van der Waals surface area contributed by atoms with Crippen LogP contribution in [0.3, 0.4) is 0 Å². The molecule has 0 aliphatic heterocycles. The highest BCUT2D eigenvalue weighted by Crippen LogP contribution is 2.08. The Hall–Kier alpha value is -0.860. The summed E-state index contributed by atoms with van der Waals surface area (Å²) in [6.07, 6.45) is 1.81. The number of carbonyl (C=O) groups is 1. The zero-order valence-corrected chi connectivity index (χ0v) is 10.0. The van der Waals surface area contributed by atoms with Gasteiger partial charge in [-0.2, -0.15) is 0 Å². The van der Waals surface area contributed by atoms with Gasteiger partial charge in [0.05, 0.1) is 0 Å². The van der Waals surface area contributed by atoms with Gasteiger partial charge in [0.1, 0.15) is 0 Å². The second kappa shape index (κ2) is 6.59. The summed E-state index contributed by atoms with van der Waals surface area (Å²) in [5.41, 5.74) is 7.76. The first-order valence-electron chi connectivity index (χ1n) is 4.99. The molecule has 0 fully saturated rings. The van der Waals surface area contributed by atoms with Gasteiger partial charge in [0.15, 0.2) is 5.78 Å². The van der Waals surface area contributed by atoms with E-state index < -0.39 is 0 Å². The third-order valence-electron chi connectivity index (χ3n) is 2.36. The van der Waals surface area contributed by atoms with Crippen LogP contribution in [-0.4, -0.2) is 11.8 Å². The van der Waals surface area contributed by atoms with Crippen LogP contribution >= 0.6 is 12.4 Å². The van der Waals surface area contributed by atoms with Gasteiger partial charge in [-0.05, 0) is 31.4 Å². The number of hydrogen-bond acceptors (Lipinski definition) is 2. The lowest BCUT2D eigenvalue weighted by molar-refractivity contribution is 0.101. The highest BCUT2D eigenvalue weighted by atomic mass is 35.5. The lowest BCUT2D eigenvalue weighted by atomic mass is 10.0. The van der Waals surface area contributed by atoms with Crippen molar-refractivity contribution in [3.63, 3.8) is 0 Å². The monoisotopic (exact) mass is 227 g/mol. The fourth-order valence-corrected chi connectivity index (χ4v) is 1.36. The van der Waals surface area contributed by atoms with Crippen LogP contribution in [0, 0.1) is 0 Å². The molecule has 0 heterocycles. The van der Waals surface area contributed by atoms with Crippen LogP contribution in [0.4, 0.5) is 0 Å². The van der Waals surface area contributed by atoms with Gasteiger partial charge >= 0.3 is 0 Å². The SMILES string of the molecule is CCC(N)Cc1cccc(C(C)=O)c1.Cl. The molecule has 3 heteroatoms. The Morgan fingerprint density at radius 1 is 1.47 bits per heavy atom. The van der Waals surface area contributed by atoms with Crippen LogP contribution in [0.2, 0.25) is 0 Å². The Balaban J connectivity index is 0.00000196. The van der Waals surface area contributed by atoms with E-state index >= 15 is 0 Å². The number of hydrogen-bond donors (Lipinski definition) is 1. The maximum absolute atomic E-state index is 11.1. The van der Waals surface area contributed by atoms with Crippen LogP contribution in [0.15, 0.2) is 24.3 Å². The van der Waals surface area contributed by atoms with E-state index in [0.717, 1.165) is 24.0 Å². The average molecular weight is 228 g/mol. The van der Waals surface area contributed by atoms with Crippen molar-refractivity contribution >= 4 is 18.2 Å².